The Labute approximate surface area is 120 Å². The zero-order valence-corrected chi connectivity index (χ0v) is 12.4. The summed E-state index contributed by atoms with van der Waals surface area (Å²) in [6, 6.07) is 3.75. The maximum absolute atomic E-state index is 5.86. The third-order valence-electron chi connectivity index (χ3n) is 3.77. The van der Waals surface area contributed by atoms with E-state index in [-0.39, 0.29) is 0 Å². The Morgan fingerprint density at radius 1 is 1.35 bits per heavy atom. The van der Waals surface area contributed by atoms with Gasteiger partial charge in [0.2, 0.25) is 5.88 Å². The topological polar surface area (TPSA) is 69.4 Å². The molecule has 0 aliphatic heterocycles. The number of pyridine rings is 1. The lowest BCUT2D eigenvalue weighted by Gasteiger charge is -2.16. The molecule has 2 rings (SSSR count). The molecular formula is C15H25N3O2. The quantitative estimate of drug-likeness (QED) is 0.727. The van der Waals surface area contributed by atoms with Gasteiger partial charge in [0.25, 0.3) is 0 Å². The van der Waals surface area contributed by atoms with Gasteiger partial charge in [0.1, 0.15) is 5.82 Å². The van der Waals surface area contributed by atoms with Crippen molar-refractivity contribution in [3.63, 3.8) is 0 Å². The first-order chi connectivity index (χ1) is 9.69. The maximum Gasteiger partial charge on any atom is 0.239 e. The molecule has 1 aromatic heterocycles. The van der Waals surface area contributed by atoms with Crippen molar-refractivity contribution in [2.24, 2.45) is 5.41 Å². The molecule has 0 spiro atoms. The standard InChI is InChI=1S/C15H25N3O2/c1-3-9-20-14-12(16)4-5-13(18-14)17-11-15(6-7-15)8-10-19-2/h4-5H,3,6-11,16H2,1-2H3,(H,17,18). The summed E-state index contributed by atoms with van der Waals surface area (Å²) < 4.78 is 10.7. The summed E-state index contributed by atoms with van der Waals surface area (Å²) in [7, 11) is 1.75. The molecule has 0 saturated heterocycles. The molecule has 3 N–H and O–H groups in total. The van der Waals surface area contributed by atoms with Gasteiger partial charge in [-0.3, -0.25) is 0 Å². The normalized spacial score (nSPS) is 15.9. The van der Waals surface area contributed by atoms with Crippen molar-refractivity contribution < 1.29 is 9.47 Å². The van der Waals surface area contributed by atoms with Gasteiger partial charge in [-0.05, 0) is 43.2 Å². The summed E-state index contributed by atoms with van der Waals surface area (Å²) in [4.78, 5) is 4.43. The van der Waals surface area contributed by atoms with Crippen LogP contribution in [0.25, 0.3) is 0 Å². The highest BCUT2D eigenvalue weighted by Gasteiger charge is 2.41. The Balaban J connectivity index is 1.89. The van der Waals surface area contributed by atoms with Crippen molar-refractivity contribution in [3.8, 4) is 5.88 Å². The van der Waals surface area contributed by atoms with Gasteiger partial charge >= 0.3 is 0 Å². The lowest BCUT2D eigenvalue weighted by Crippen LogP contribution is -2.18. The van der Waals surface area contributed by atoms with E-state index in [1.807, 2.05) is 12.1 Å². The monoisotopic (exact) mass is 279 g/mol. The largest absolute Gasteiger partial charge is 0.476 e. The second kappa shape index (κ2) is 6.79. The molecular weight excluding hydrogens is 254 g/mol. The van der Waals surface area contributed by atoms with Crippen molar-refractivity contribution in [2.75, 3.05) is 37.9 Å². The van der Waals surface area contributed by atoms with Crippen LogP contribution >= 0.6 is 0 Å². The number of ether oxygens (including phenoxy) is 2. The zero-order chi connectivity index (χ0) is 14.4. The van der Waals surface area contributed by atoms with Crippen LogP contribution in [0.1, 0.15) is 32.6 Å². The molecule has 0 aromatic carbocycles. The molecule has 1 heterocycles. The number of nitrogens with two attached hydrogens (primary N) is 1. The van der Waals surface area contributed by atoms with Crippen molar-refractivity contribution in [1.82, 2.24) is 4.98 Å². The molecule has 0 radical (unpaired) electrons. The second-order valence-corrected chi connectivity index (χ2v) is 5.54. The van der Waals surface area contributed by atoms with Gasteiger partial charge in [-0.15, -0.1) is 0 Å². The Morgan fingerprint density at radius 3 is 2.80 bits per heavy atom. The molecule has 1 aliphatic rings. The van der Waals surface area contributed by atoms with Crippen LogP contribution in [0.2, 0.25) is 0 Å². The maximum atomic E-state index is 5.86. The van der Waals surface area contributed by atoms with Gasteiger partial charge < -0.3 is 20.5 Å². The average molecular weight is 279 g/mol. The van der Waals surface area contributed by atoms with Gasteiger partial charge in [-0.25, -0.2) is 0 Å². The number of nitrogen functional groups attached to an aromatic ring is 1. The number of aromatic nitrogens is 1. The first kappa shape index (κ1) is 14.9. The summed E-state index contributed by atoms with van der Waals surface area (Å²) in [5.41, 5.74) is 6.84. The van der Waals surface area contributed by atoms with E-state index in [0.717, 1.165) is 31.8 Å². The average Bonchev–Trinajstić information content (AvgIpc) is 3.23. The fourth-order valence-electron chi connectivity index (χ4n) is 2.15. The van der Waals surface area contributed by atoms with E-state index in [1.54, 1.807) is 7.11 Å². The number of anilines is 2. The summed E-state index contributed by atoms with van der Waals surface area (Å²) in [6.45, 7) is 4.45. The van der Waals surface area contributed by atoms with Crippen molar-refractivity contribution >= 4 is 11.5 Å². The molecule has 20 heavy (non-hydrogen) atoms. The number of hydrogen-bond donors (Lipinski definition) is 2. The van der Waals surface area contributed by atoms with E-state index >= 15 is 0 Å². The molecule has 5 heteroatoms. The van der Waals surface area contributed by atoms with Crippen LogP contribution in [0, 0.1) is 5.41 Å². The van der Waals surface area contributed by atoms with Crippen LogP contribution in [0.3, 0.4) is 0 Å². The molecule has 0 unspecified atom stereocenters. The van der Waals surface area contributed by atoms with E-state index in [9.17, 15) is 0 Å². The molecule has 0 bridgehead atoms. The summed E-state index contributed by atoms with van der Waals surface area (Å²) >= 11 is 0. The SMILES string of the molecule is CCCOc1nc(NCC2(CCOC)CC2)ccc1N. The van der Waals surface area contributed by atoms with Crippen molar-refractivity contribution in [3.05, 3.63) is 12.1 Å². The summed E-state index contributed by atoms with van der Waals surface area (Å²) in [5.74, 6) is 1.35. The summed E-state index contributed by atoms with van der Waals surface area (Å²) in [6.07, 6.45) is 4.57. The van der Waals surface area contributed by atoms with Crippen LogP contribution in [0.4, 0.5) is 11.5 Å². The lowest BCUT2D eigenvalue weighted by atomic mass is 10.0. The molecule has 0 amide bonds. The fraction of sp³-hybridized carbons (Fsp3) is 0.667. The molecule has 112 valence electrons. The van der Waals surface area contributed by atoms with E-state index in [2.05, 4.69) is 17.2 Å². The number of nitrogens with one attached hydrogen (secondary N) is 1. The predicted octanol–water partition coefficient (Wildman–Crippen LogP) is 2.68. The number of methoxy groups -OCH3 is 1. The molecule has 1 saturated carbocycles. The Bertz CT molecular complexity index is 433. The van der Waals surface area contributed by atoms with Crippen LogP contribution in [0.5, 0.6) is 5.88 Å². The highest BCUT2D eigenvalue weighted by Crippen LogP contribution is 2.48. The van der Waals surface area contributed by atoms with Crippen LogP contribution < -0.4 is 15.8 Å². The highest BCUT2D eigenvalue weighted by atomic mass is 16.5. The fourth-order valence-corrected chi connectivity index (χ4v) is 2.15. The smallest absolute Gasteiger partial charge is 0.239 e. The minimum atomic E-state index is 0.392. The molecule has 5 nitrogen and oxygen atoms in total. The van der Waals surface area contributed by atoms with E-state index in [0.29, 0.717) is 23.6 Å². The van der Waals surface area contributed by atoms with Gasteiger partial charge in [0.05, 0.1) is 12.3 Å². The van der Waals surface area contributed by atoms with Gasteiger partial charge in [-0.1, -0.05) is 6.92 Å². The van der Waals surface area contributed by atoms with Crippen LogP contribution in [-0.2, 0) is 4.74 Å². The van der Waals surface area contributed by atoms with Gasteiger partial charge in [-0.2, -0.15) is 4.98 Å². The first-order valence-electron chi connectivity index (χ1n) is 7.31. The molecule has 1 aliphatic carbocycles. The molecule has 1 fully saturated rings. The Kier molecular flexibility index (Phi) is 5.06. The van der Waals surface area contributed by atoms with Crippen molar-refractivity contribution in [2.45, 2.75) is 32.6 Å². The van der Waals surface area contributed by atoms with Gasteiger partial charge in [0, 0.05) is 20.3 Å². The third kappa shape index (κ3) is 4.00. The van der Waals surface area contributed by atoms with Crippen LogP contribution in [-0.4, -0.2) is 31.9 Å². The van der Waals surface area contributed by atoms with E-state index in [4.69, 9.17) is 15.2 Å². The molecule has 1 aromatic rings. The number of hydrogen-bond acceptors (Lipinski definition) is 5. The Morgan fingerprint density at radius 2 is 2.15 bits per heavy atom. The highest BCUT2D eigenvalue weighted by molar-refractivity contribution is 5.53. The minimum absolute atomic E-state index is 0.392. The van der Waals surface area contributed by atoms with E-state index in [1.165, 1.54) is 12.8 Å². The van der Waals surface area contributed by atoms with Gasteiger partial charge in [0.15, 0.2) is 0 Å². The van der Waals surface area contributed by atoms with E-state index < -0.39 is 0 Å². The predicted molar refractivity (Wildman–Crippen MR) is 81.1 cm³/mol. The zero-order valence-electron chi connectivity index (χ0n) is 12.4. The second-order valence-electron chi connectivity index (χ2n) is 5.54. The summed E-state index contributed by atoms with van der Waals surface area (Å²) in [5, 5.41) is 3.40. The first-order valence-corrected chi connectivity index (χ1v) is 7.31. The third-order valence-corrected chi connectivity index (χ3v) is 3.77. The Hall–Kier alpha value is -1.49. The lowest BCUT2D eigenvalue weighted by molar-refractivity contribution is 0.175. The minimum Gasteiger partial charge on any atom is -0.476 e. The molecule has 0 atom stereocenters. The van der Waals surface area contributed by atoms with Crippen LogP contribution in [0.15, 0.2) is 12.1 Å². The number of nitrogens with zero attached hydrogens (tertiary/aromatic N) is 1. The van der Waals surface area contributed by atoms with Crippen molar-refractivity contribution in [1.29, 1.82) is 0 Å². The number of rotatable bonds is 9.